The van der Waals surface area contributed by atoms with Crippen LogP contribution in [0.5, 0.6) is 0 Å². The maximum absolute atomic E-state index is 13.0. The molecule has 0 aromatic heterocycles. The summed E-state index contributed by atoms with van der Waals surface area (Å²) in [6, 6.07) is 7.18. The first-order chi connectivity index (χ1) is 10.9. The second kappa shape index (κ2) is 8.50. The van der Waals surface area contributed by atoms with Crippen LogP contribution < -0.4 is 0 Å². The van der Waals surface area contributed by atoms with Gasteiger partial charge in [0, 0.05) is 18.0 Å². The fourth-order valence-corrected chi connectivity index (χ4v) is 5.19. The van der Waals surface area contributed by atoms with Gasteiger partial charge in [-0.1, -0.05) is 50.3 Å². The lowest BCUT2D eigenvalue weighted by atomic mass is 9.98. The van der Waals surface area contributed by atoms with Gasteiger partial charge in [0.2, 0.25) is 10.0 Å². The summed E-state index contributed by atoms with van der Waals surface area (Å²) in [5.41, 5.74) is 1.07. The molecule has 1 saturated heterocycles. The van der Waals surface area contributed by atoms with Gasteiger partial charge < -0.3 is 0 Å². The number of unbranched alkanes of at least 4 members (excludes halogenated alkanes) is 3. The molecule has 2 rings (SSSR count). The SMILES string of the molecule is CCCCCCC1CC(Cl)CCN1S(=O)(=O)c1ccc(C)cc1. The fourth-order valence-electron chi connectivity index (χ4n) is 3.21. The Balaban J connectivity index is 2.13. The van der Waals surface area contributed by atoms with E-state index in [9.17, 15) is 8.42 Å². The third kappa shape index (κ3) is 4.94. The van der Waals surface area contributed by atoms with Crippen LogP contribution in [0.4, 0.5) is 0 Å². The Bertz CT molecular complexity index is 586. The number of rotatable bonds is 7. The van der Waals surface area contributed by atoms with Crippen molar-refractivity contribution in [1.29, 1.82) is 0 Å². The zero-order chi connectivity index (χ0) is 16.9. The maximum atomic E-state index is 13.0. The first-order valence-corrected chi connectivity index (χ1v) is 10.6. The van der Waals surface area contributed by atoms with E-state index in [0.29, 0.717) is 11.4 Å². The molecule has 1 aromatic rings. The quantitative estimate of drug-likeness (QED) is 0.522. The van der Waals surface area contributed by atoms with Crippen LogP contribution in [0.2, 0.25) is 0 Å². The van der Waals surface area contributed by atoms with Crippen molar-refractivity contribution in [2.24, 2.45) is 0 Å². The Morgan fingerprint density at radius 1 is 1.17 bits per heavy atom. The van der Waals surface area contributed by atoms with Crippen LogP contribution in [0, 0.1) is 6.92 Å². The van der Waals surface area contributed by atoms with Gasteiger partial charge >= 0.3 is 0 Å². The minimum absolute atomic E-state index is 0.0365. The topological polar surface area (TPSA) is 37.4 Å². The Morgan fingerprint density at radius 2 is 1.87 bits per heavy atom. The summed E-state index contributed by atoms with van der Waals surface area (Å²) in [5, 5.41) is 0.0932. The van der Waals surface area contributed by atoms with E-state index in [4.69, 9.17) is 11.6 Å². The molecule has 0 bridgehead atoms. The Hall–Kier alpha value is -0.580. The molecular weight excluding hydrogens is 330 g/mol. The predicted octanol–water partition coefficient (Wildman–Crippen LogP) is 4.73. The van der Waals surface area contributed by atoms with E-state index in [1.165, 1.54) is 19.3 Å². The number of hydrogen-bond acceptors (Lipinski definition) is 2. The van der Waals surface area contributed by atoms with E-state index in [2.05, 4.69) is 6.92 Å². The zero-order valence-electron chi connectivity index (χ0n) is 14.2. The number of sulfonamides is 1. The van der Waals surface area contributed by atoms with E-state index in [0.717, 1.165) is 31.2 Å². The van der Waals surface area contributed by atoms with Crippen LogP contribution in [0.3, 0.4) is 0 Å². The van der Waals surface area contributed by atoms with Gasteiger partial charge in [-0.15, -0.1) is 11.6 Å². The molecule has 0 radical (unpaired) electrons. The van der Waals surface area contributed by atoms with Crippen LogP contribution in [0.15, 0.2) is 29.2 Å². The van der Waals surface area contributed by atoms with E-state index in [1.54, 1.807) is 16.4 Å². The molecule has 2 unspecified atom stereocenters. The van der Waals surface area contributed by atoms with Crippen molar-refractivity contribution in [1.82, 2.24) is 4.31 Å². The van der Waals surface area contributed by atoms with Gasteiger partial charge in [-0.3, -0.25) is 0 Å². The molecule has 0 N–H and O–H groups in total. The molecule has 5 heteroatoms. The highest BCUT2D eigenvalue weighted by Crippen LogP contribution is 2.30. The van der Waals surface area contributed by atoms with Gasteiger partial charge in [-0.2, -0.15) is 4.31 Å². The highest BCUT2D eigenvalue weighted by Gasteiger charge is 2.35. The number of nitrogens with zero attached hydrogens (tertiary/aromatic N) is 1. The molecule has 0 saturated carbocycles. The van der Waals surface area contributed by atoms with Gasteiger partial charge in [0.15, 0.2) is 0 Å². The van der Waals surface area contributed by atoms with Gasteiger partial charge in [0.05, 0.1) is 4.90 Å². The van der Waals surface area contributed by atoms with E-state index < -0.39 is 10.0 Å². The Kier molecular flexibility index (Phi) is 6.93. The molecule has 2 atom stereocenters. The average Bonchev–Trinajstić information content (AvgIpc) is 2.52. The molecule has 1 aliphatic rings. The normalized spacial score (nSPS) is 23.1. The van der Waals surface area contributed by atoms with Crippen molar-refractivity contribution in [2.75, 3.05) is 6.54 Å². The second-order valence-corrected chi connectivity index (χ2v) is 9.06. The van der Waals surface area contributed by atoms with E-state index >= 15 is 0 Å². The lowest BCUT2D eigenvalue weighted by Gasteiger charge is -2.37. The first-order valence-electron chi connectivity index (χ1n) is 8.67. The van der Waals surface area contributed by atoms with Crippen molar-refractivity contribution in [3.63, 3.8) is 0 Å². The predicted molar refractivity (Wildman–Crippen MR) is 96.5 cm³/mol. The van der Waals surface area contributed by atoms with Gasteiger partial charge in [-0.25, -0.2) is 8.42 Å². The minimum atomic E-state index is -3.42. The van der Waals surface area contributed by atoms with Gasteiger partial charge in [0.1, 0.15) is 0 Å². The van der Waals surface area contributed by atoms with Crippen LogP contribution in [-0.4, -0.2) is 30.7 Å². The lowest BCUT2D eigenvalue weighted by molar-refractivity contribution is 0.239. The number of piperidine rings is 1. The summed E-state index contributed by atoms with van der Waals surface area (Å²) in [4.78, 5) is 0.398. The Labute approximate surface area is 146 Å². The molecule has 1 aliphatic heterocycles. The monoisotopic (exact) mass is 357 g/mol. The number of alkyl halides is 1. The zero-order valence-corrected chi connectivity index (χ0v) is 15.7. The van der Waals surface area contributed by atoms with Crippen LogP contribution in [0.25, 0.3) is 0 Å². The van der Waals surface area contributed by atoms with Crippen molar-refractivity contribution in [3.8, 4) is 0 Å². The third-order valence-electron chi connectivity index (χ3n) is 4.62. The highest BCUT2D eigenvalue weighted by molar-refractivity contribution is 7.89. The number of hydrogen-bond donors (Lipinski definition) is 0. The molecule has 0 aliphatic carbocycles. The molecule has 3 nitrogen and oxygen atoms in total. The molecule has 0 amide bonds. The molecule has 130 valence electrons. The summed E-state index contributed by atoms with van der Waals surface area (Å²) >= 11 is 6.31. The first kappa shape index (κ1) is 18.8. The molecular formula is C18H28ClNO2S. The highest BCUT2D eigenvalue weighted by atomic mass is 35.5. The summed E-state index contributed by atoms with van der Waals surface area (Å²) < 4.78 is 27.7. The van der Waals surface area contributed by atoms with Crippen LogP contribution in [0.1, 0.15) is 57.4 Å². The molecule has 23 heavy (non-hydrogen) atoms. The van der Waals surface area contributed by atoms with Gasteiger partial charge in [-0.05, 0) is 38.3 Å². The summed E-state index contributed by atoms with van der Waals surface area (Å²) in [6.07, 6.45) is 7.04. The van der Waals surface area contributed by atoms with Crippen molar-refractivity contribution in [2.45, 2.75) is 75.1 Å². The third-order valence-corrected chi connectivity index (χ3v) is 6.98. The second-order valence-electron chi connectivity index (χ2n) is 6.55. The summed E-state index contributed by atoms with van der Waals surface area (Å²) in [7, 11) is -3.42. The fraction of sp³-hybridized carbons (Fsp3) is 0.667. The van der Waals surface area contributed by atoms with Crippen molar-refractivity contribution < 1.29 is 8.42 Å². The maximum Gasteiger partial charge on any atom is 0.243 e. The molecule has 1 aromatic carbocycles. The minimum Gasteiger partial charge on any atom is -0.207 e. The number of halogens is 1. The standard InChI is InChI=1S/C18H28ClNO2S/c1-3-4-5-6-7-17-14-16(19)12-13-20(17)23(21,22)18-10-8-15(2)9-11-18/h8-11,16-17H,3-7,12-14H2,1-2H3. The van der Waals surface area contributed by atoms with Crippen LogP contribution >= 0.6 is 11.6 Å². The Morgan fingerprint density at radius 3 is 2.52 bits per heavy atom. The number of aryl methyl sites for hydroxylation is 1. The molecule has 1 heterocycles. The van der Waals surface area contributed by atoms with Crippen molar-refractivity contribution in [3.05, 3.63) is 29.8 Å². The lowest BCUT2D eigenvalue weighted by Crippen LogP contribution is -2.46. The van der Waals surface area contributed by atoms with E-state index in [-0.39, 0.29) is 11.4 Å². The van der Waals surface area contributed by atoms with Crippen molar-refractivity contribution >= 4 is 21.6 Å². The largest absolute Gasteiger partial charge is 0.243 e. The smallest absolute Gasteiger partial charge is 0.207 e. The molecule has 1 fully saturated rings. The molecule has 0 spiro atoms. The average molecular weight is 358 g/mol. The van der Waals surface area contributed by atoms with Gasteiger partial charge in [0.25, 0.3) is 0 Å². The number of benzene rings is 1. The summed E-state index contributed by atoms with van der Waals surface area (Å²) in [5.74, 6) is 0. The summed E-state index contributed by atoms with van der Waals surface area (Å²) in [6.45, 7) is 4.68. The van der Waals surface area contributed by atoms with Crippen LogP contribution in [-0.2, 0) is 10.0 Å². The van der Waals surface area contributed by atoms with E-state index in [1.807, 2.05) is 19.1 Å².